The van der Waals surface area contributed by atoms with Crippen molar-refractivity contribution in [1.82, 2.24) is 0 Å². The molecule has 0 aromatic heterocycles. The van der Waals surface area contributed by atoms with Crippen molar-refractivity contribution in [2.24, 2.45) is 35.5 Å². The van der Waals surface area contributed by atoms with Crippen molar-refractivity contribution in [3.63, 3.8) is 0 Å². The molecule has 0 radical (unpaired) electrons. The molecule has 3 rings (SSSR count). The van der Waals surface area contributed by atoms with Gasteiger partial charge in [-0.3, -0.25) is 4.79 Å². The molecular weight excluding hydrogens is 208 g/mol. The minimum atomic E-state index is 0.452. The van der Waals surface area contributed by atoms with Crippen LogP contribution in [0.3, 0.4) is 0 Å². The van der Waals surface area contributed by atoms with Crippen molar-refractivity contribution in [2.75, 3.05) is 0 Å². The summed E-state index contributed by atoms with van der Waals surface area (Å²) in [6.07, 6.45) is 8.98. The van der Waals surface area contributed by atoms with Crippen LogP contribution in [-0.2, 0) is 4.79 Å². The third-order valence-electron chi connectivity index (χ3n) is 5.90. The Morgan fingerprint density at radius 1 is 0.882 bits per heavy atom. The molecule has 17 heavy (non-hydrogen) atoms. The Bertz CT molecular complexity index is 309. The first-order valence-corrected chi connectivity index (χ1v) is 7.68. The highest BCUT2D eigenvalue weighted by Crippen LogP contribution is 2.51. The van der Waals surface area contributed by atoms with Gasteiger partial charge in [-0.1, -0.05) is 26.7 Å². The lowest BCUT2D eigenvalue weighted by Gasteiger charge is -2.49. The molecule has 0 amide bonds. The summed E-state index contributed by atoms with van der Waals surface area (Å²) in [7, 11) is 0. The molecule has 0 aromatic rings. The maximum Gasteiger partial charge on any atom is 0.136 e. The lowest BCUT2D eigenvalue weighted by molar-refractivity contribution is -0.136. The van der Waals surface area contributed by atoms with Gasteiger partial charge in [0.05, 0.1) is 0 Å². The molecular formula is C16H26O. The molecule has 3 saturated carbocycles. The van der Waals surface area contributed by atoms with E-state index in [4.69, 9.17) is 0 Å². The third-order valence-corrected chi connectivity index (χ3v) is 5.90. The van der Waals surface area contributed by atoms with Gasteiger partial charge in [0, 0.05) is 12.3 Å². The zero-order valence-electron chi connectivity index (χ0n) is 11.3. The van der Waals surface area contributed by atoms with Gasteiger partial charge in [-0.15, -0.1) is 0 Å². The molecule has 0 aromatic carbocycles. The Balaban J connectivity index is 1.79. The first kappa shape index (κ1) is 11.7. The lowest BCUT2D eigenvalue weighted by Crippen LogP contribution is -2.45. The number of hydrogen-bond acceptors (Lipinski definition) is 1. The maximum atomic E-state index is 12.3. The van der Waals surface area contributed by atoms with E-state index in [1.54, 1.807) is 0 Å². The van der Waals surface area contributed by atoms with Crippen LogP contribution in [0.2, 0.25) is 0 Å². The summed E-state index contributed by atoms with van der Waals surface area (Å²) in [5.41, 5.74) is 0. The first-order valence-electron chi connectivity index (χ1n) is 7.68. The first-order chi connectivity index (χ1) is 8.15. The van der Waals surface area contributed by atoms with E-state index in [1.807, 2.05) is 0 Å². The molecule has 1 nitrogen and oxygen atoms in total. The van der Waals surface area contributed by atoms with Crippen LogP contribution in [0.15, 0.2) is 0 Å². The van der Waals surface area contributed by atoms with Gasteiger partial charge in [-0.2, -0.15) is 0 Å². The Morgan fingerprint density at radius 3 is 2.29 bits per heavy atom. The predicted molar refractivity (Wildman–Crippen MR) is 69.6 cm³/mol. The number of hydrogen-bond donors (Lipinski definition) is 0. The van der Waals surface area contributed by atoms with Crippen LogP contribution in [0.5, 0.6) is 0 Å². The summed E-state index contributed by atoms with van der Waals surface area (Å²) in [5.74, 6) is 5.15. The van der Waals surface area contributed by atoms with Crippen molar-refractivity contribution in [2.45, 2.75) is 58.8 Å². The van der Waals surface area contributed by atoms with E-state index >= 15 is 0 Å². The summed E-state index contributed by atoms with van der Waals surface area (Å²) in [4.78, 5) is 12.3. The van der Waals surface area contributed by atoms with E-state index in [9.17, 15) is 4.79 Å². The van der Waals surface area contributed by atoms with Crippen LogP contribution in [0.4, 0.5) is 0 Å². The second-order valence-electron chi connectivity index (χ2n) is 7.20. The minimum absolute atomic E-state index is 0.452. The standard InChI is InChI=1S/C16H26O/c1-10-3-5-13-12(7-10)9-16(17)15-8-11(2)4-6-14(13)15/h10-15H,3-9H2,1-2H3. The summed E-state index contributed by atoms with van der Waals surface area (Å²) in [5, 5.41) is 0. The van der Waals surface area contributed by atoms with Gasteiger partial charge in [0.1, 0.15) is 5.78 Å². The number of ketones is 1. The monoisotopic (exact) mass is 234 g/mol. The van der Waals surface area contributed by atoms with Gasteiger partial charge in [-0.05, 0) is 55.3 Å². The van der Waals surface area contributed by atoms with Gasteiger partial charge in [0.2, 0.25) is 0 Å². The minimum Gasteiger partial charge on any atom is -0.299 e. The van der Waals surface area contributed by atoms with E-state index in [0.717, 1.165) is 36.0 Å². The maximum absolute atomic E-state index is 12.3. The van der Waals surface area contributed by atoms with Crippen LogP contribution in [0.1, 0.15) is 58.8 Å². The normalized spacial score (nSPS) is 50.6. The highest BCUT2D eigenvalue weighted by molar-refractivity contribution is 5.82. The molecule has 0 heterocycles. The second kappa shape index (κ2) is 4.40. The number of carbonyl (C=O) groups is 1. The van der Waals surface area contributed by atoms with Gasteiger partial charge >= 0.3 is 0 Å². The average molecular weight is 234 g/mol. The zero-order chi connectivity index (χ0) is 12.0. The Hall–Kier alpha value is -0.330. The fourth-order valence-corrected chi connectivity index (χ4v) is 5.02. The topological polar surface area (TPSA) is 17.1 Å². The summed E-state index contributed by atoms with van der Waals surface area (Å²) in [6, 6.07) is 0. The molecule has 0 aliphatic heterocycles. The molecule has 3 aliphatic carbocycles. The van der Waals surface area contributed by atoms with Crippen molar-refractivity contribution >= 4 is 5.78 Å². The van der Waals surface area contributed by atoms with Gasteiger partial charge in [-0.25, -0.2) is 0 Å². The lowest BCUT2D eigenvalue weighted by atomic mass is 9.55. The van der Waals surface area contributed by atoms with Crippen molar-refractivity contribution in [3.05, 3.63) is 0 Å². The number of Topliss-reactive ketones (excluding diaryl/α,β-unsaturated/α-hetero) is 1. The van der Waals surface area contributed by atoms with Crippen LogP contribution in [0.25, 0.3) is 0 Å². The van der Waals surface area contributed by atoms with E-state index in [2.05, 4.69) is 13.8 Å². The van der Waals surface area contributed by atoms with E-state index in [-0.39, 0.29) is 0 Å². The average Bonchev–Trinajstić information content (AvgIpc) is 2.29. The Labute approximate surface area is 105 Å². The SMILES string of the molecule is CC1CCC2C(CC(=O)C3CC(C)CCC32)C1. The number of rotatable bonds is 0. The van der Waals surface area contributed by atoms with Crippen molar-refractivity contribution in [1.29, 1.82) is 0 Å². The smallest absolute Gasteiger partial charge is 0.136 e. The van der Waals surface area contributed by atoms with Gasteiger partial charge in [0.15, 0.2) is 0 Å². The molecule has 6 atom stereocenters. The van der Waals surface area contributed by atoms with E-state index in [0.29, 0.717) is 11.7 Å². The summed E-state index contributed by atoms with van der Waals surface area (Å²) in [6.45, 7) is 4.70. The van der Waals surface area contributed by atoms with Crippen molar-refractivity contribution < 1.29 is 4.79 Å². The van der Waals surface area contributed by atoms with Gasteiger partial charge in [0.25, 0.3) is 0 Å². The van der Waals surface area contributed by atoms with Crippen LogP contribution in [0, 0.1) is 35.5 Å². The molecule has 6 unspecified atom stereocenters. The molecule has 3 aliphatic rings. The zero-order valence-corrected chi connectivity index (χ0v) is 11.3. The summed E-state index contributed by atoms with van der Waals surface area (Å²) >= 11 is 0. The molecule has 0 saturated heterocycles. The number of fused-ring (bicyclic) bond motifs is 3. The third kappa shape index (κ3) is 2.06. The van der Waals surface area contributed by atoms with E-state index in [1.165, 1.54) is 38.5 Å². The van der Waals surface area contributed by atoms with Gasteiger partial charge < -0.3 is 0 Å². The fourth-order valence-electron chi connectivity index (χ4n) is 5.02. The van der Waals surface area contributed by atoms with Crippen molar-refractivity contribution in [3.8, 4) is 0 Å². The molecule has 0 bridgehead atoms. The quantitative estimate of drug-likeness (QED) is 0.617. The second-order valence-corrected chi connectivity index (χ2v) is 7.20. The molecule has 96 valence electrons. The molecule has 0 spiro atoms. The highest BCUT2D eigenvalue weighted by Gasteiger charge is 2.47. The molecule has 0 N–H and O–H groups in total. The molecule has 1 heteroatoms. The van der Waals surface area contributed by atoms with Crippen LogP contribution >= 0.6 is 0 Å². The summed E-state index contributed by atoms with van der Waals surface area (Å²) < 4.78 is 0. The fraction of sp³-hybridized carbons (Fsp3) is 0.938. The number of carbonyl (C=O) groups excluding carboxylic acids is 1. The largest absolute Gasteiger partial charge is 0.299 e. The Morgan fingerprint density at radius 2 is 1.53 bits per heavy atom. The Kier molecular flexibility index (Phi) is 3.04. The van der Waals surface area contributed by atoms with Crippen LogP contribution < -0.4 is 0 Å². The van der Waals surface area contributed by atoms with E-state index < -0.39 is 0 Å². The highest BCUT2D eigenvalue weighted by atomic mass is 16.1. The van der Waals surface area contributed by atoms with Crippen LogP contribution in [-0.4, -0.2) is 5.78 Å². The molecule has 3 fully saturated rings. The predicted octanol–water partition coefficient (Wildman–Crippen LogP) is 4.06.